The first-order valence-corrected chi connectivity index (χ1v) is 10.3. The Morgan fingerprint density at radius 3 is 2.41 bits per heavy atom. The highest BCUT2D eigenvalue weighted by Gasteiger charge is 2.35. The summed E-state index contributed by atoms with van der Waals surface area (Å²) in [7, 11) is -4.72. The Morgan fingerprint density at radius 2 is 1.83 bits per heavy atom. The zero-order chi connectivity index (χ0) is 22.1. The standard InChI is InChI=1S/C16H27N4O8P/c1-16(2,10-28-29(25,26)27)13(22)15(24)19-7-5-12(21)18-8-9-20-14(23)11-4-3-6-17-11/h3-4,6,13,17,22H,5,7-10H2,1-2H3,(H,18,21)(H,19,24)(H,20,23)(H2,25,26,27)/t13-/m0/s1. The summed E-state index contributed by atoms with van der Waals surface area (Å²) >= 11 is 0. The van der Waals surface area contributed by atoms with E-state index in [0.29, 0.717) is 5.69 Å². The first kappa shape index (κ1) is 24.8. The number of carbonyl (C=O) groups excluding carboxylic acids is 3. The highest BCUT2D eigenvalue weighted by molar-refractivity contribution is 7.46. The number of phosphoric ester groups is 1. The fourth-order valence-electron chi connectivity index (χ4n) is 2.11. The van der Waals surface area contributed by atoms with Crippen LogP contribution in [-0.2, 0) is 18.7 Å². The Bertz CT molecular complexity index is 731. The van der Waals surface area contributed by atoms with Gasteiger partial charge in [0.25, 0.3) is 5.91 Å². The summed E-state index contributed by atoms with van der Waals surface area (Å²) in [6, 6.07) is 3.30. The number of aromatic amines is 1. The van der Waals surface area contributed by atoms with Gasteiger partial charge in [0.05, 0.1) is 6.61 Å². The molecule has 0 aliphatic carbocycles. The lowest BCUT2D eigenvalue weighted by atomic mass is 9.87. The van der Waals surface area contributed by atoms with E-state index in [1.54, 1.807) is 18.3 Å². The molecule has 0 unspecified atom stereocenters. The molecule has 0 fully saturated rings. The number of phosphoric acid groups is 1. The molecule has 0 spiro atoms. The fraction of sp³-hybridized carbons (Fsp3) is 0.562. The number of hydrogen-bond donors (Lipinski definition) is 7. The van der Waals surface area contributed by atoms with Crippen molar-refractivity contribution in [1.29, 1.82) is 0 Å². The molecule has 7 N–H and O–H groups in total. The number of hydrogen-bond acceptors (Lipinski definition) is 6. The van der Waals surface area contributed by atoms with Crippen LogP contribution in [-0.4, -0.2) is 69.9 Å². The molecule has 164 valence electrons. The van der Waals surface area contributed by atoms with Crippen LogP contribution in [0.25, 0.3) is 0 Å². The van der Waals surface area contributed by atoms with Crippen molar-refractivity contribution in [2.24, 2.45) is 5.41 Å². The van der Waals surface area contributed by atoms with Crippen molar-refractivity contribution in [3.05, 3.63) is 24.0 Å². The number of carbonyl (C=O) groups is 3. The van der Waals surface area contributed by atoms with Gasteiger partial charge in [0.1, 0.15) is 11.8 Å². The Kier molecular flexibility index (Phi) is 9.47. The number of amides is 3. The fourth-order valence-corrected chi connectivity index (χ4v) is 2.61. The minimum absolute atomic E-state index is 0.0496. The van der Waals surface area contributed by atoms with Crippen LogP contribution in [0.15, 0.2) is 18.3 Å². The van der Waals surface area contributed by atoms with E-state index in [2.05, 4.69) is 25.5 Å². The summed E-state index contributed by atoms with van der Waals surface area (Å²) in [6.07, 6.45) is -0.0313. The Labute approximate surface area is 167 Å². The summed E-state index contributed by atoms with van der Waals surface area (Å²) in [6.45, 7) is 2.64. The van der Waals surface area contributed by atoms with Gasteiger partial charge in [-0.3, -0.25) is 18.9 Å². The highest BCUT2D eigenvalue weighted by Crippen LogP contribution is 2.38. The predicted molar refractivity (Wildman–Crippen MR) is 102 cm³/mol. The van der Waals surface area contributed by atoms with Crippen LogP contribution in [0.2, 0.25) is 0 Å². The third-order valence-electron chi connectivity index (χ3n) is 3.82. The molecule has 0 aliphatic heterocycles. The van der Waals surface area contributed by atoms with E-state index in [1.165, 1.54) is 13.8 Å². The van der Waals surface area contributed by atoms with Crippen molar-refractivity contribution < 1.29 is 38.4 Å². The van der Waals surface area contributed by atoms with E-state index in [9.17, 15) is 24.1 Å². The van der Waals surface area contributed by atoms with Gasteiger partial charge in [-0.25, -0.2) is 4.57 Å². The van der Waals surface area contributed by atoms with Crippen LogP contribution in [0.4, 0.5) is 0 Å². The molecule has 13 heteroatoms. The first-order valence-electron chi connectivity index (χ1n) is 8.76. The molecule has 0 aromatic carbocycles. The van der Waals surface area contributed by atoms with Gasteiger partial charge in [0.15, 0.2) is 0 Å². The van der Waals surface area contributed by atoms with E-state index >= 15 is 0 Å². The van der Waals surface area contributed by atoms with Gasteiger partial charge in [-0.2, -0.15) is 0 Å². The maximum absolute atomic E-state index is 12.0. The van der Waals surface area contributed by atoms with Crippen molar-refractivity contribution in [2.75, 3.05) is 26.2 Å². The number of rotatable bonds is 12. The van der Waals surface area contributed by atoms with Crippen molar-refractivity contribution in [3.8, 4) is 0 Å². The molecule has 0 radical (unpaired) electrons. The van der Waals surface area contributed by atoms with Gasteiger partial charge in [-0.15, -0.1) is 0 Å². The molecule has 1 aromatic rings. The van der Waals surface area contributed by atoms with Crippen LogP contribution in [0.3, 0.4) is 0 Å². The molecule has 1 heterocycles. The van der Waals surface area contributed by atoms with Crippen molar-refractivity contribution >= 4 is 25.5 Å². The maximum Gasteiger partial charge on any atom is 0.469 e. The molecule has 29 heavy (non-hydrogen) atoms. The minimum Gasteiger partial charge on any atom is -0.383 e. The van der Waals surface area contributed by atoms with Crippen molar-refractivity contribution in [1.82, 2.24) is 20.9 Å². The number of nitrogens with one attached hydrogen (secondary N) is 4. The molecule has 0 saturated heterocycles. The molecular formula is C16H27N4O8P. The van der Waals surface area contributed by atoms with E-state index in [1.807, 2.05) is 0 Å². The summed E-state index contributed by atoms with van der Waals surface area (Å²) in [5.41, 5.74) is -0.850. The molecular weight excluding hydrogens is 407 g/mol. The Hall–Kier alpha value is -2.24. The molecule has 12 nitrogen and oxygen atoms in total. The van der Waals surface area contributed by atoms with Crippen LogP contribution >= 0.6 is 7.82 Å². The lowest BCUT2D eigenvalue weighted by Gasteiger charge is -2.29. The van der Waals surface area contributed by atoms with Gasteiger partial charge in [0, 0.05) is 37.7 Å². The van der Waals surface area contributed by atoms with Gasteiger partial charge in [0.2, 0.25) is 11.8 Å². The van der Waals surface area contributed by atoms with E-state index in [0.717, 1.165) is 0 Å². The second-order valence-electron chi connectivity index (χ2n) is 6.89. The molecule has 3 amide bonds. The second kappa shape index (κ2) is 11.1. The van der Waals surface area contributed by atoms with Gasteiger partial charge in [-0.05, 0) is 12.1 Å². The number of aromatic nitrogens is 1. The molecule has 0 saturated carbocycles. The van der Waals surface area contributed by atoms with E-state index < -0.39 is 31.9 Å². The monoisotopic (exact) mass is 434 g/mol. The molecule has 1 rings (SSSR count). The van der Waals surface area contributed by atoms with Crippen molar-refractivity contribution in [3.63, 3.8) is 0 Å². The quantitative estimate of drug-likeness (QED) is 0.159. The largest absolute Gasteiger partial charge is 0.469 e. The number of H-pyrrole nitrogens is 1. The molecule has 0 aliphatic rings. The van der Waals surface area contributed by atoms with Gasteiger partial charge in [-0.1, -0.05) is 13.8 Å². The van der Waals surface area contributed by atoms with Gasteiger partial charge >= 0.3 is 7.82 Å². The third-order valence-corrected chi connectivity index (χ3v) is 4.29. The first-order chi connectivity index (χ1) is 13.4. The summed E-state index contributed by atoms with van der Waals surface area (Å²) < 4.78 is 15.1. The summed E-state index contributed by atoms with van der Waals surface area (Å²) in [5.74, 6) is -1.45. The van der Waals surface area contributed by atoms with Crippen LogP contribution < -0.4 is 16.0 Å². The number of aliphatic hydroxyl groups excluding tert-OH is 1. The predicted octanol–water partition coefficient (Wildman–Crippen LogP) is -1.14. The van der Waals surface area contributed by atoms with Crippen LogP contribution in [0.1, 0.15) is 30.8 Å². The number of aliphatic hydroxyl groups is 1. The minimum atomic E-state index is -4.72. The summed E-state index contributed by atoms with van der Waals surface area (Å²) in [4.78, 5) is 55.5. The Morgan fingerprint density at radius 1 is 1.17 bits per heavy atom. The lowest BCUT2D eigenvalue weighted by Crippen LogP contribution is -2.46. The second-order valence-corrected chi connectivity index (χ2v) is 8.13. The van der Waals surface area contributed by atoms with Crippen LogP contribution in [0.5, 0.6) is 0 Å². The average molecular weight is 434 g/mol. The zero-order valence-electron chi connectivity index (χ0n) is 16.2. The Balaban J connectivity index is 2.22. The molecule has 1 aromatic heterocycles. The van der Waals surface area contributed by atoms with Crippen LogP contribution in [0, 0.1) is 5.41 Å². The molecule has 1 atom stereocenters. The molecule has 0 bridgehead atoms. The SMILES string of the molecule is CC(C)(COP(=O)(O)O)[C@@H](O)C(=O)NCCC(=O)NCCNC(=O)c1ccc[nH]1. The smallest absolute Gasteiger partial charge is 0.383 e. The summed E-state index contributed by atoms with van der Waals surface area (Å²) in [5, 5.41) is 17.6. The van der Waals surface area contributed by atoms with Crippen molar-refractivity contribution in [2.45, 2.75) is 26.4 Å². The maximum atomic E-state index is 12.0. The van der Waals surface area contributed by atoms with E-state index in [-0.39, 0.29) is 37.9 Å². The lowest BCUT2D eigenvalue weighted by molar-refractivity contribution is -0.137. The highest BCUT2D eigenvalue weighted by atomic mass is 31.2. The third kappa shape index (κ3) is 9.68. The normalized spacial score (nSPS) is 12.9. The zero-order valence-corrected chi connectivity index (χ0v) is 17.1. The van der Waals surface area contributed by atoms with E-state index in [4.69, 9.17) is 9.79 Å². The average Bonchev–Trinajstić information content (AvgIpc) is 3.17. The van der Waals surface area contributed by atoms with Gasteiger partial charge < -0.3 is 35.8 Å². The topological polar surface area (TPSA) is 190 Å².